The first-order valence-electron chi connectivity index (χ1n) is 6.65. The predicted molar refractivity (Wildman–Crippen MR) is 80.9 cm³/mol. The highest BCUT2D eigenvalue weighted by Crippen LogP contribution is 2.26. The molecule has 0 saturated heterocycles. The molecule has 0 aromatic heterocycles. The van der Waals surface area contributed by atoms with Crippen LogP contribution >= 0.6 is 0 Å². The molecule has 0 unspecified atom stereocenters. The topological polar surface area (TPSA) is 21.3 Å². The Kier molecular flexibility index (Phi) is 4.28. The van der Waals surface area contributed by atoms with Crippen molar-refractivity contribution in [2.45, 2.75) is 27.3 Å². The van der Waals surface area contributed by atoms with Gasteiger partial charge < -0.3 is 10.1 Å². The van der Waals surface area contributed by atoms with Crippen molar-refractivity contribution in [3.05, 3.63) is 58.4 Å². The summed E-state index contributed by atoms with van der Waals surface area (Å²) in [6.07, 6.45) is 0. The number of aryl methyl sites for hydroxylation is 3. The monoisotopic (exact) mass is 273 g/mol. The molecule has 3 heteroatoms. The fraction of sp³-hybridized carbons (Fsp3) is 0.294. The van der Waals surface area contributed by atoms with Crippen LogP contribution in [-0.2, 0) is 6.54 Å². The average Bonchev–Trinajstić information content (AvgIpc) is 2.42. The van der Waals surface area contributed by atoms with Gasteiger partial charge in [-0.1, -0.05) is 12.1 Å². The van der Waals surface area contributed by atoms with Crippen molar-refractivity contribution < 1.29 is 9.13 Å². The van der Waals surface area contributed by atoms with Gasteiger partial charge >= 0.3 is 0 Å². The number of hydrogen-bond acceptors (Lipinski definition) is 2. The van der Waals surface area contributed by atoms with Gasteiger partial charge in [0, 0.05) is 12.6 Å². The number of methoxy groups -OCH3 is 1. The van der Waals surface area contributed by atoms with E-state index in [0.717, 1.165) is 5.69 Å². The molecule has 2 nitrogen and oxygen atoms in total. The smallest absolute Gasteiger partial charge is 0.144 e. The number of hydrogen-bond donors (Lipinski definition) is 1. The van der Waals surface area contributed by atoms with E-state index in [1.165, 1.54) is 34.4 Å². The first kappa shape index (κ1) is 14.4. The molecule has 2 aromatic rings. The minimum Gasteiger partial charge on any atom is -0.494 e. The van der Waals surface area contributed by atoms with Gasteiger partial charge in [0.25, 0.3) is 0 Å². The van der Waals surface area contributed by atoms with E-state index in [4.69, 9.17) is 4.74 Å². The first-order chi connectivity index (χ1) is 9.51. The van der Waals surface area contributed by atoms with Crippen molar-refractivity contribution in [2.24, 2.45) is 0 Å². The molecule has 2 aromatic carbocycles. The molecule has 0 aliphatic heterocycles. The Morgan fingerprint density at radius 3 is 2.40 bits per heavy atom. The van der Waals surface area contributed by atoms with Crippen LogP contribution in [-0.4, -0.2) is 7.11 Å². The van der Waals surface area contributed by atoms with Crippen molar-refractivity contribution in [1.82, 2.24) is 0 Å². The number of halogens is 1. The molecule has 1 N–H and O–H groups in total. The molecule has 2 rings (SSSR count). The molecule has 106 valence electrons. The predicted octanol–water partition coefficient (Wildman–Crippen LogP) is 4.37. The molecule has 0 spiro atoms. The quantitative estimate of drug-likeness (QED) is 0.893. The number of anilines is 1. The number of benzene rings is 2. The van der Waals surface area contributed by atoms with E-state index in [9.17, 15) is 4.39 Å². The summed E-state index contributed by atoms with van der Waals surface area (Å²) in [6, 6.07) is 8.89. The zero-order chi connectivity index (χ0) is 14.7. The Morgan fingerprint density at radius 2 is 1.70 bits per heavy atom. The maximum Gasteiger partial charge on any atom is 0.144 e. The third-order valence-electron chi connectivity index (χ3n) is 3.59. The molecule has 0 atom stereocenters. The van der Waals surface area contributed by atoms with Gasteiger partial charge in [-0.05, 0) is 55.2 Å². The van der Waals surface area contributed by atoms with Crippen molar-refractivity contribution >= 4 is 5.69 Å². The van der Waals surface area contributed by atoms with Gasteiger partial charge in [-0.3, -0.25) is 0 Å². The second kappa shape index (κ2) is 5.95. The lowest BCUT2D eigenvalue weighted by atomic mass is 10.0. The number of nitrogens with one attached hydrogen (secondary N) is 1. The van der Waals surface area contributed by atoms with E-state index in [1.807, 2.05) is 0 Å². The Labute approximate surface area is 119 Å². The van der Waals surface area contributed by atoms with Gasteiger partial charge in [0.2, 0.25) is 0 Å². The molecule has 0 heterocycles. The lowest BCUT2D eigenvalue weighted by molar-refractivity contribution is 0.413. The van der Waals surface area contributed by atoms with E-state index in [-0.39, 0.29) is 5.82 Å². The molecule has 0 saturated carbocycles. The highest BCUT2D eigenvalue weighted by atomic mass is 19.1. The average molecular weight is 273 g/mol. The first-order valence-corrected chi connectivity index (χ1v) is 6.65. The summed E-state index contributed by atoms with van der Waals surface area (Å²) >= 11 is 0. The molecule has 0 fully saturated rings. The molecular formula is C17H20FNO. The summed E-state index contributed by atoms with van der Waals surface area (Å²) in [5, 5.41) is 3.30. The van der Waals surface area contributed by atoms with Crippen LogP contribution in [0.2, 0.25) is 0 Å². The number of rotatable bonds is 4. The van der Waals surface area contributed by atoms with Crippen LogP contribution in [0.15, 0.2) is 30.3 Å². The third-order valence-corrected chi connectivity index (χ3v) is 3.59. The van der Waals surface area contributed by atoms with Gasteiger partial charge in [-0.15, -0.1) is 0 Å². The van der Waals surface area contributed by atoms with E-state index >= 15 is 0 Å². The van der Waals surface area contributed by atoms with E-state index in [2.05, 4.69) is 38.2 Å². The summed E-state index contributed by atoms with van der Waals surface area (Å²) in [5.74, 6) is 0.223. The molecule has 0 bridgehead atoms. The van der Waals surface area contributed by atoms with Crippen LogP contribution in [0.4, 0.5) is 10.1 Å². The van der Waals surface area contributed by atoms with Crippen LogP contribution in [0.5, 0.6) is 5.75 Å². The lowest BCUT2D eigenvalue weighted by Gasteiger charge is -2.14. The van der Waals surface area contributed by atoms with Crippen LogP contribution in [0.1, 0.15) is 22.3 Å². The molecule has 0 aliphatic carbocycles. The Hall–Kier alpha value is -2.03. The van der Waals surface area contributed by atoms with Gasteiger partial charge in [0.05, 0.1) is 12.8 Å². The van der Waals surface area contributed by atoms with Gasteiger partial charge in [-0.25, -0.2) is 4.39 Å². The largest absolute Gasteiger partial charge is 0.494 e. The Bertz CT molecular complexity index is 623. The Balaban J connectivity index is 2.19. The fourth-order valence-corrected chi connectivity index (χ4v) is 2.21. The van der Waals surface area contributed by atoms with Crippen LogP contribution in [0.3, 0.4) is 0 Å². The van der Waals surface area contributed by atoms with Crippen molar-refractivity contribution in [3.8, 4) is 5.75 Å². The highest BCUT2D eigenvalue weighted by molar-refractivity contribution is 5.57. The fourth-order valence-electron chi connectivity index (χ4n) is 2.21. The van der Waals surface area contributed by atoms with E-state index in [1.54, 1.807) is 13.2 Å². The van der Waals surface area contributed by atoms with Gasteiger partial charge in [0.1, 0.15) is 11.6 Å². The summed E-state index contributed by atoms with van der Waals surface area (Å²) in [7, 11) is 1.54. The number of ether oxygens (including phenoxy) is 1. The van der Waals surface area contributed by atoms with E-state index in [0.29, 0.717) is 12.3 Å². The van der Waals surface area contributed by atoms with Gasteiger partial charge in [0.15, 0.2) is 0 Å². The minimum atomic E-state index is -0.297. The Morgan fingerprint density at radius 1 is 1.00 bits per heavy atom. The maximum absolute atomic E-state index is 13.2. The lowest BCUT2D eigenvalue weighted by Crippen LogP contribution is -2.04. The van der Waals surface area contributed by atoms with Crippen LogP contribution < -0.4 is 10.1 Å². The van der Waals surface area contributed by atoms with Crippen molar-refractivity contribution in [3.63, 3.8) is 0 Å². The molecule has 0 radical (unpaired) electrons. The zero-order valence-corrected chi connectivity index (χ0v) is 12.4. The third kappa shape index (κ3) is 3.10. The van der Waals surface area contributed by atoms with E-state index < -0.39 is 0 Å². The standard InChI is InChI=1S/C17H20FNO/c1-11-7-13(3)14(8-12(11)2)10-19-16-6-5-15(18)9-17(16)20-4/h5-9,19H,10H2,1-4H3. The zero-order valence-electron chi connectivity index (χ0n) is 12.4. The second-order valence-corrected chi connectivity index (χ2v) is 5.06. The SMILES string of the molecule is COc1cc(F)ccc1NCc1cc(C)c(C)cc1C. The van der Waals surface area contributed by atoms with Gasteiger partial charge in [-0.2, -0.15) is 0 Å². The maximum atomic E-state index is 13.2. The van der Waals surface area contributed by atoms with Crippen LogP contribution in [0.25, 0.3) is 0 Å². The van der Waals surface area contributed by atoms with Crippen molar-refractivity contribution in [2.75, 3.05) is 12.4 Å². The molecular weight excluding hydrogens is 253 g/mol. The molecule has 20 heavy (non-hydrogen) atoms. The normalized spacial score (nSPS) is 10.4. The summed E-state index contributed by atoms with van der Waals surface area (Å²) in [6.45, 7) is 7.01. The summed E-state index contributed by atoms with van der Waals surface area (Å²) < 4.78 is 18.3. The highest BCUT2D eigenvalue weighted by Gasteiger charge is 2.06. The molecule has 0 amide bonds. The molecule has 0 aliphatic rings. The van der Waals surface area contributed by atoms with Crippen molar-refractivity contribution in [1.29, 1.82) is 0 Å². The summed E-state index contributed by atoms with van der Waals surface area (Å²) in [4.78, 5) is 0. The van der Waals surface area contributed by atoms with Crippen LogP contribution in [0, 0.1) is 26.6 Å². The minimum absolute atomic E-state index is 0.297. The second-order valence-electron chi connectivity index (χ2n) is 5.06. The summed E-state index contributed by atoms with van der Waals surface area (Å²) in [5.41, 5.74) is 5.86.